The Balaban J connectivity index is 2.15. The number of nitrogens with zero attached hydrogens (tertiary/aromatic N) is 1. The number of anilines is 1. The molecule has 0 aliphatic rings. The monoisotopic (exact) mass is 308 g/mol. The normalized spacial score (nSPS) is 10.1. The van der Waals surface area contributed by atoms with Crippen molar-refractivity contribution >= 4 is 17.3 Å². The maximum atomic E-state index is 6.09. The Bertz CT molecular complexity index is 620. The van der Waals surface area contributed by atoms with E-state index in [0.29, 0.717) is 28.8 Å². The predicted octanol–water partition coefficient (Wildman–Crippen LogP) is 3.37. The van der Waals surface area contributed by atoms with Crippen molar-refractivity contribution in [2.75, 3.05) is 26.6 Å². The van der Waals surface area contributed by atoms with Gasteiger partial charge in [-0.3, -0.25) is 4.98 Å². The van der Waals surface area contributed by atoms with Crippen LogP contribution < -0.4 is 19.5 Å². The smallest absolute Gasteiger partial charge is 0.184 e. The molecule has 0 amide bonds. The largest absolute Gasteiger partial charge is 0.495 e. The highest BCUT2D eigenvalue weighted by Crippen LogP contribution is 2.30. The Morgan fingerprint density at radius 1 is 1.05 bits per heavy atom. The minimum Gasteiger partial charge on any atom is -0.495 e. The van der Waals surface area contributed by atoms with E-state index in [4.69, 9.17) is 25.8 Å². The van der Waals surface area contributed by atoms with Crippen LogP contribution in [0.3, 0.4) is 0 Å². The zero-order valence-electron chi connectivity index (χ0n) is 12.1. The van der Waals surface area contributed by atoms with Crippen LogP contribution in [-0.4, -0.2) is 26.3 Å². The van der Waals surface area contributed by atoms with Crippen LogP contribution in [0.25, 0.3) is 0 Å². The van der Waals surface area contributed by atoms with E-state index in [1.807, 2.05) is 6.07 Å². The van der Waals surface area contributed by atoms with Gasteiger partial charge < -0.3 is 19.5 Å². The lowest BCUT2D eigenvalue weighted by molar-refractivity contribution is 0.350. The molecule has 2 aromatic rings. The molecule has 0 bridgehead atoms. The van der Waals surface area contributed by atoms with Crippen molar-refractivity contribution in [3.63, 3.8) is 0 Å². The van der Waals surface area contributed by atoms with Gasteiger partial charge in [0.25, 0.3) is 0 Å². The first kappa shape index (κ1) is 15.3. The van der Waals surface area contributed by atoms with Gasteiger partial charge in [-0.25, -0.2) is 0 Å². The number of rotatable bonds is 6. The van der Waals surface area contributed by atoms with E-state index in [1.54, 1.807) is 45.7 Å². The molecule has 0 radical (unpaired) electrons. The molecule has 0 saturated carbocycles. The highest BCUT2D eigenvalue weighted by atomic mass is 35.5. The molecule has 0 atom stereocenters. The third kappa shape index (κ3) is 3.49. The molecule has 0 aliphatic heterocycles. The van der Waals surface area contributed by atoms with Crippen LogP contribution in [0, 0.1) is 0 Å². The Morgan fingerprint density at radius 2 is 1.81 bits per heavy atom. The molecular weight excluding hydrogens is 292 g/mol. The zero-order valence-corrected chi connectivity index (χ0v) is 12.9. The minimum atomic E-state index is 0.489. The number of hydrogen-bond donors (Lipinski definition) is 1. The molecule has 0 unspecified atom stereocenters. The van der Waals surface area contributed by atoms with Crippen molar-refractivity contribution in [1.29, 1.82) is 0 Å². The molecule has 2 rings (SSSR count). The predicted molar refractivity (Wildman–Crippen MR) is 82.7 cm³/mol. The number of halogens is 1. The van der Waals surface area contributed by atoms with Gasteiger partial charge in [0, 0.05) is 18.0 Å². The lowest BCUT2D eigenvalue weighted by Crippen LogP contribution is -2.05. The Hall–Kier alpha value is -2.14. The number of aromatic nitrogens is 1. The number of methoxy groups -OCH3 is 3. The van der Waals surface area contributed by atoms with Crippen molar-refractivity contribution in [3.8, 4) is 17.2 Å². The molecule has 5 nitrogen and oxygen atoms in total. The molecule has 1 aromatic heterocycles. The van der Waals surface area contributed by atoms with Crippen LogP contribution in [0.2, 0.25) is 5.02 Å². The summed E-state index contributed by atoms with van der Waals surface area (Å²) in [5.74, 6) is 1.91. The first-order valence-electron chi connectivity index (χ1n) is 6.33. The van der Waals surface area contributed by atoms with E-state index < -0.39 is 0 Å². The molecule has 0 aliphatic carbocycles. The average Bonchev–Trinajstić information content (AvgIpc) is 2.52. The van der Waals surface area contributed by atoms with Crippen LogP contribution in [0.4, 0.5) is 5.69 Å². The van der Waals surface area contributed by atoms with Gasteiger partial charge in [-0.1, -0.05) is 11.6 Å². The average molecular weight is 309 g/mol. The van der Waals surface area contributed by atoms with E-state index in [0.717, 1.165) is 11.4 Å². The number of pyridine rings is 1. The number of hydrogen-bond acceptors (Lipinski definition) is 5. The van der Waals surface area contributed by atoms with Gasteiger partial charge in [0.2, 0.25) is 0 Å². The van der Waals surface area contributed by atoms with Crippen molar-refractivity contribution in [2.24, 2.45) is 0 Å². The molecule has 21 heavy (non-hydrogen) atoms. The van der Waals surface area contributed by atoms with Crippen molar-refractivity contribution in [3.05, 3.63) is 41.2 Å². The van der Waals surface area contributed by atoms with Crippen molar-refractivity contribution < 1.29 is 14.2 Å². The summed E-state index contributed by atoms with van der Waals surface area (Å²) in [4.78, 5) is 4.30. The van der Waals surface area contributed by atoms with E-state index in [-0.39, 0.29) is 0 Å². The second-order valence-corrected chi connectivity index (χ2v) is 4.60. The SMILES string of the molecule is COc1ccc(NCc2nccc(OC)c2OC)cc1Cl. The third-order valence-corrected chi connectivity index (χ3v) is 3.27. The number of nitrogens with one attached hydrogen (secondary N) is 1. The van der Waals surface area contributed by atoms with E-state index in [1.165, 1.54) is 0 Å². The maximum absolute atomic E-state index is 6.09. The summed E-state index contributed by atoms with van der Waals surface area (Å²) in [6.45, 7) is 0.489. The highest BCUT2D eigenvalue weighted by Gasteiger charge is 2.11. The fourth-order valence-corrected chi connectivity index (χ4v) is 2.20. The number of ether oxygens (including phenoxy) is 3. The molecule has 1 N–H and O–H groups in total. The number of benzene rings is 1. The molecule has 0 saturated heterocycles. The van der Waals surface area contributed by atoms with Gasteiger partial charge >= 0.3 is 0 Å². The van der Waals surface area contributed by atoms with Gasteiger partial charge in [-0.15, -0.1) is 0 Å². The quantitative estimate of drug-likeness (QED) is 0.886. The van der Waals surface area contributed by atoms with Crippen molar-refractivity contribution in [2.45, 2.75) is 6.54 Å². The molecule has 0 spiro atoms. The lowest BCUT2D eigenvalue weighted by Gasteiger charge is -2.13. The van der Waals surface area contributed by atoms with Crippen LogP contribution >= 0.6 is 11.6 Å². The summed E-state index contributed by atoms with van der Waals surface area (Å²) < 4.78 is 15.7. The van der Waals surface area contributed by atoms with Crippen LogP contribution in [0.5, 0.6) is 17.2 Å². The maximum Gasteiger partial charge on any atom is 0.184 e. The summed E-state index contributed by atoms with van der Waals surface area (Å²) in [6.07, 6.45) is 1.68. The fourth-order valence-electron chi connectivity index (χ4n) is 1.94. The topological polar surface area (TPSA) is 52.6 Å². The molecule has 0 fully saturated rings. The van der Waals surface area contributed by atoms with Gasteiger partial charge in [-0.05, 0) is 18.2 Å². The lowest BCUT2D eigenvalue weighted by atomic mass is 10.2. The first-order chi connectivity index (χ1) is 10.2. The van der Waals surface area contributed by atoms with Gasteiger partial charge in [-0.2, -0.15) is 0 Å². The minimum absolute atomic E-state index is 0.489. The molecular formula is C15H17ClN2O3. The second kappa shape index (κ2) is 7.04. The van der Waals surface area contributed by atoms with Gasteiger partial charge in [0.05, 0.1) is 32.9 Å². The Labute approximate surface area is 128 Å². The summed E-state index contributed by atoms with van der Waals surface area (Å²) in [7, 11) is 4.77. The molecule has 6 heteroatoms. The molecule has 112 valence electrons. The Morgan fingerprint density at radius 3 is 2.43 bits per heavy atom. The molecule has 1 heterocycles. The van der Waals surface area contributed by atoms with E-state index >= 15 is 0 Å². The summed E-state index contributed by atoms with van der Waals surface area (Å²) in [6, 6.07) is 7.25. The zero-order chi connectivity index (χ0) is 15.2. The van der Waals surface area contributed by atoms with Gasteiger partial charge in [0.15, 0.2) is 11.5 Å². The van der Waals surface area contributed by atoms with Crippen LogP contribution in [-0.2, 0) is 6.54 Å². The van der Waals surface area contributed by atoms with Crippen molar-refractivity contribution in [1.82, 2.24) is 4.98 Å². The van der Waals surface area contributed by atoms with Crippen LogP contribution in [0.15, 0.2) is 30.5 Å². The summed E-state index contributed by atoms with van der Waals surface area (Å²) in [5.41, 5.74) is 1.62. The fraction of sp³-hybridized carbons (Fsp3) is 0.267. The Kier molecular flexibility index (Phi) is 5.11. The van der Waals surface area contributed by atoms with Crippen LogP contribution in [0.1, 0.15) is 5.69 Å². The third-order valence-electron chi connectivity index (χ3n) is 2.98. The van der Waals surface area contributed by atoms with E-state index in [9.17, 15) is 0 Å². The van der Waals surface area contributed by atoms with Gasteiger partial charge in [0.1, 0.15) is 11.4 Å². The summed E-state index contributed by atoms with van der Waals surface area (Å²) in [5, 5.41) is 3.79. The standard InChI is InChI=1S/C15H17ClN2O3/c1-19-13-5-4-10(8-11(13)16)18-9-12-15(21-3)14(20-2)6-7-17-12/h4-8,18H,9H2,1-3H3. The summed E-state index contributed by atoms with van der Waals surface area (Å²) >= 11 is 6.09. The highest BCUT2D eigenvalue weighted by molar-refractivity contribution is 6.32. The first-order valence-corrected chi connectivity index (χ1v) is 6.70. The van der Waals surface area contributed by atoms with E-state index in [2.05, 4.69) is 10.3 Å². The molecule has 1 aromatic carbocycles. The second-order valence-electron chi connectivity index (χ2n) is 4.20.